The summed E-state index contributed by atoms with van der Waals surface area (Å²) in [5.41, 5.74) is 2.78. The SMILES string of the molecule is Cc1cccc(CC(=O)N2CCC3(CCN(C)CC3)C2)c1. The summed E-state index contributed by atoms with van der Waals surface area (Å²) < 4.78 is 0. The third-order valence-electron chi connectivity index (χ3n) is 5.28. The molecule has 3 nitrogen and oxygen atoms in total. The Morgan fingerprint density at radius 2 is 1.90 bits per heavy atom. The lowest BCUT2D eigenvalue weighted by molar-refractivity contribution is -0.130. The second-order valence-electron chi connectivity index (χ2n) is 7.03. The molecule has 0 aliphatic carbocycles. The molecule has 0 saturated carbocycles. The number of nitrogens with zero attached hydrogens (tertiary/aromatic N) is 2. The smallest absolute Gasteiger partial charge is 0.227 e. The fourth-order valence-corrected chi connectivity index (χ4v) is 3.76. The van der Waals surface area contributed by atoms with Crippen molar-refractivity contribution >= 4 is 5.91 Å². The molecule has 114 valence electrons. The first-order chi connectivity index (χ1) is 10.1. The minimum atomic E-state index is 0.302. The molecule has 2 aliphatic heterocycles. The van der Waals surface area contributed by atoms with Gasteiger partial charge in [-0.3, -0.25) is 4.79 Å². The number of carbonyl (C=O) groups excluding carboxylic acids is 1. The zero-order valence-corrected chi connectivity index (χ0v) is 13.3. The highest BCUT2D eigenvalue weighted by molar-refractivity contribution is 5.79. The highest BCUT2D eigenvalue weighted by atomic mass is 16.2. The fourth-order valence-electron chi connectivity index (χ4n) is 3.76. The standard InChI is InChI=1S/C18H26N2O/c1-15-4-3-5-16(12-15)13-17(21)20-11-8-18(14-20)6-9-19(2)10-7-18/h3-5,12H,6-11,13-14H2,1-2H3. The molecule has 0 radical (unpaired) electrons. The van der Waals surface area contributed by atoms with Gasteiger partial charge < -0.3 is 9.80 Å². The maximum Gasteiger partial charge on any atom is 0.227 e. The molecule has 3 heteroatoms. The first-order valence-corrected chi connectivity index (χ1v) is 8.08. The molecular weight excluding hydrogens is 260 g/mol. The van der Waals surface area contributed by atoms with Crippen molar-refractivity contribution in [2.75, 3.05) is 33.2 Å². The summed E-state index contributed by atoms with van der Waals surface area (Å²) in [6.07, 6.45) is 4.24. The topological polar surface area (TPSA) is 23.6 Å². The van der Waals surface area contributed by atoms with Crippen LogP contribution in [0.25, 0.3) is 0 Å². The van der Waals surface area contributed by atoms with Crippen LogP contribution in [0.3, 0.4) is 0 Å². The number of piperidine rings is 1. The van der Waals surface area contributed by atoms with Crippen LogP contribution < -0.4 is 0 Å². The van der Waals surface area contributed by atoms with Gasteiger partial charge in [0.15, 0.2) is 0 Å². The van der Waals surface area contributed by atoms with Crippen LogP contribution in [-0.4, -0.2) is 48.9 Å². The molecule has 1 aromatic rings. The van der Waals surface area contributed by atoms with Gasteiger partial charge in [0.2, 0.25) is 5.91 Å². The first-order valence-electron chi connectivity index (χ1n) is 8.08. The van der Waals surface area contributed by atoms with E-state index in [1.165, 1.54) is 37.9 Å². The molecule has 1 spiro atoms. The normalized spacial score (nSPS) is 21.9. The van der Waals surface area contributed by atoms with E-state index in [9.17, 15) is 4.79 Å². The number of likely N-dealkylation sites (tertiary alicyclic amines) is 2. The van der Waals surface area contributed by atoms with Gasteiger partial charge in [0.25, 0.3) is 0 Å². The zero-order valence-electron chi connectivity index (χ0n) is 13.3. The van der Waals surface area contributed by atoms with Crippen molar-refractivity contribution < 1.29 is 4.79 Å². The van der Waals surface area contributed by atoms with E-state index in [0.717, 1.165) is 18.7 Å². The Balaban J connectivity index is 1.59. The van der Waals surface area contributed by atoms with E-state index in [0.29, 0.717) is 17.7 Å². The Kier molecular flexibility index (Phi) is 4.03. The molecule has 2 saturated heterocycles. The summed E-state index contributed by atoms with van der Waals surface area (Å²) in [7, 11) is 2.20. The Hall–Kier alpha value is -1.35. The van der Waals surface area contributed by atoms with Gasteiger partial charge in [-0.25, -0.2) is 0 Å². The average Bonchev–Trinajstić information content (AvgIpc) is 2.87. The zero-order chi connectivity index (χ0) is 14.9. The predicted molar refractivity (Wildman–Crippen MR) is 85.2 cm³/mol. The Bertz CT molecular complexity index is 518. The molecule has 2 heterocycles. The van der Waals surface area contributed by atoms with Crippen LogP contribution >= 0.6 is 0 Å². The van der Waals surface area contributed by atoms with Crippen molar-refractivity contribution in [3.8, 4) is 0 Å². The van der Waals surface area contributed by atoms with E-state index in [1.54, 1.807) is 0 Å². The van der Waals surface area contributed by atoms with Crippen LogP contribution in [0.2, 0.25) is 0 Å². The van der Waals surface area contributed by atoms with Gasteiger partial charge in [0.1, 0.15) is 0 Å². The number of amides is 1. The van der Waals surface area contributed by atoms with Crippen molar-refractivity contribution in [2.45, 2.75) is 32.6 Å². The highest BCUT2D eigenvalue weighted by Gasteiger charge is 2.41. The monoisotopic (exact) mass is 286 g/mol. The van der Waals surface area contributed by atoms with Crippen molar-refractivity contribution in [3.05, 3.63) is 35.4 Å². The number of benzene rings is 1. The van der Waals surface area contributed by atoms with Crippen LogP contribution in [0.15, 0.2) is 24.3 Å². The third kappa shape index (κ3) is 3.29. The number of hydrogen-bond donors (Lipinski definition) is 0. The summed E-state index contributed by atoms with van der Waals surface area (Å²) in [4.78, 5) is 17.0. The van der Waals surface area contributed by atoms with Crippen molar-refractivity contribution in [3.63, 3.8) is 0 Å². The molecular formula is C18H26N2O. The van der Waals surface area contributed by atoms with Crippen LogP contribution in [-0.2, 0) is 11.2 Å². The summed E-state index contributed by atoms with van der Waals surface area (Å²) in [6, 6.07) is 8.31. The number of carbonyl (C=O) groups is 1. The minimum absolute atomic E-state index is 0.302. The average molecular weight is 286 g/mol. The molecule has 0 N–H and O–H groups in total. The second kappa shape index (κ2) is 5.80. The van der Waals surface area contributed by atoms with Crippen LogP contribution in [0.4, 0.5) is 0 Å². The number of hydrogen-bond acceptors (Lipinski definition) is 2. The van der Waals surface area contributed by atoms with Crippen molar-refractivity contribution in [1.82, 2.24) is 9.80 Å². The molecule has 0 unspecified atom stereocenters. The fraction of sp³-hybridized carbons (Fsp3) is 0.611. The second-order valence-corrected chi connectivity index (χ2v) is 7.03. The Labute approximate surface area is 127 Å². The maximum absolute atomic E-state index is 12.5. The summed E-state index contributed by atoms with van der Waals surface area (Å²) in [6.45, 7) is 6.37. The lowest BCUT2D eigenvalue weighted by atomic mass is 9.78. The number of rotatable bonds is 2. The quantitative estimate of drug-likeness (QED) is 0.834. The lowest BCUT2D eigenvalue weighted by Gasteiger charge is -2.37. The van der Waals surface area contributed by atoms with Gasteiger partial charge >= 0.3 is 0 Å². The van der Waals surface area contributed by atoms with E-state index < -0.39 is 0 Å². The van der Waals surface area contributed by atoms with Gasteiger partial charge in [-0.15, -0.1) is 0 Å². The molecule has 0 aromatic heterocycles. The van der Waals surface area contributed by atoms with Crippen LogP contribution in [0.5, 0.6) is 0 Å². The van der Waals surface area contributed by atoms with Gasteiger partial charge in [0.05, 0.1) is 6.42 Å². The van der Waals surface area contributed by atoms with Gasteiger partial charge in [0, 0.05) is 13.1 Å². The number of aryl methyl sites for hydroxylation is 1. The largest absolute Gasteiger partial charge is 0.342 e. The van der Waals surface area contributed by atoms with Gasteiger partial charge in [-0.05, 0) is 57.3 Å². The Morgan fingerprint density at radius 1 is 1.19 bits per heavy atom. The van der Waals surface area contributed by atoms with Gasteiger partial charge in [-0.1, -0.05) is 29.8 Å². The van der Waals surface area contributed by atoms with Crippen LogP contribution in [0.1, 0.15) is 30.4 Å². The minimum Gasteiger partial charge on any atom is -0.342 e. The summed E-state index contributed by atoms with van der Waals surface area (Å²) in [5.74, 6) is 0.302. The molecule has 1 aromatic carbocycles. The molecule has 2 fully saturated rings. The van der Waals surface area contributed by atoms with E-state index in [1.807, 2.05) is 6.07 Å². The Morgan fingerprint density at radius 3 is 2.62 bits per heavy atom. The van der Waals surface area contributed by atoms with Gasteiger partial charge in [-0.2, -0.15) is 0 Å². The van der Waals surface area contributed by atoms with Crippen LogP contribution in [0, 0.1) is 12.3 Å². The summed E-state index contributed by atoms with van der Waals surface area (Å²) >= 11 is 0. The molecule has 2 aliphatic rings. The molecule has 0 atom stereocenters. The molecule has 1 amide bonds. The summed E-state index contributed by atoms with van der Waals surface area (Å²) in [5, 5.41) is 0. The highest BCUT2D eigenvalue weighted by Crippen LogP contribution is 2.40. The van der Waals surface area contributed by atoms with E-state index in [4.69, 9.17) is 0 Å². The maximum atomic E-state index is 12.5. The molecule has 0 bridgehead atoms. The predicted octanol–water partition coefficient (Wildman–Crippen LogP) is 2.48. The lowest BCUT2D eigenvalue weighted by Crippen LogP contribution is -2.40. The van der Waals surface area contributed by atoms with Crippen molar-refractivity contribution in [2.24, 2.45) is 5.41 Å². The van der Waals surface area contributed by atoms with Crippen molar-refractivity contribution in [1.29, 1.82) is 0 Å². The van der Waals surface area contributed by atoms with E-state index >= 15 is 0 Å². The molecule has 21 heavy (non-hydrogen) atoms. The third-order valence-corrected chi connectivity index (χ3v) is 5.28. The molecule has 3 rings (SSSR count). The van der Waals surface area contributed by atoms with E-state index in [-0.39, 0.29) is 0 Å². The van der Waals surface area contributed by atoms with E-state index in [2.05, 4.69) is 42.0 Å². The first kappa shape index (κ1) is 14.6.